The summed E-state index contributed by atoms with van der Waals surface area (Å²) < 4.78 is 0.996. The Kier molecular flexibility index (Phi) is 6.86. The first-order valence-corrected chi connectivity index (χ1v) is 7.65. The molecule has 0 saturated heterocycles. The van der Waals surface area contributed by atoms with Gasteiger partial charge in [-0.1, -0.05) is 19.8 Å². The Labute approximate surface area is 124 Å². The number of carboxylic acids is 1. The first kappa shape index (κ1) is 16.0. The van der Waals surface area contributed by atoms with Crippen LogP contribution in [0.5, 0.6) is 0 Å². The second-order valence-electron chi connectivity index (χ2n) is 4.07. The van der Waals surface area contributed by atoms with Crippen molar-refractivity contribution in [3.8, 4) is 0 Å². The molecule has 7 heteroatoms. The van der Waals surface area contributed by atoms with Gasteiger partial charge in [0, 0.05) is 4.88 Å². The van der Waals surface area contributed by atoms with Gasteiger partial charge >= 0.3 is 12.0 Å². The first-order chi connectivity index (χ1) is 9.02. The number of carbonyl (C=O) groups excluding carboxylic acids is 1. The Morgan fingerprint density at radius 3 is 2.74 bits per heavy atom. The number of hydrogen-bond donors (Lipinski definition) is 3. The molecule has 0 spiro atoms. The average molecular weight is 349 g/mol. The molecule has 1 aromatic heterocycles. The number of nitrogens with one attached hydrogen (secondary N) is 2. The third-order valence-corrected chi connectivity index (χ3v) is 4.13. The molecule has 5 nitrogen and oxygen atoms in total. The van der Waals surface area contributed by atoms with Crippen LogP contribution in [-0.2, 0) is 11.3 Å². The normalized spacial score (nSPS) is 11.9. The fourth-order valence-electron chi connectivity index (χ4n) is 1.49. The summed E-state index contributed by atoms with van der Waals surface area (Å²) >= 11 is 4.87. The molecule has 0 radical (unpaired) electrons. The Morgan fingerprint density at radius 2 is 2.21 bits per heavy atom. The lowest BCUT2D eigenvalue weighted by atomic mass is 10.1. The summed E-state index contributed by atoms with van der Waals surface area (Å²) in [6.45, 7) is 2.37. The molecule has 0 saturated carbocycles. The van der Waals surface area contributed by atoms with Crippen LogP contribution >= 0.6 is 27.3 Å². The maximum absolute atomic E-state index is 11.6. The van der Waals surface area contributed by atoms with Crippen molar-refractivity contribution in [2.24, 2.45) is 0 Å². The number of urea groups is 1. The Bertz CT molecular complexity index is 436. The predicted molar refractivity (Wildman–Crippen MR) is 78.3 cm³/mol. The van der Waals surface area contributed by atoms with Gasteiger partial charge in [-0.2, -0.15) is 0 Å². The quantitative estimate of drug-likeness (QED) is 0.708. The van der Waals surface area contributed by atoms with E-state index in [4.69, 9.17) is 5.11 Å². The monoisotopic (exact) mass is 348 g/mol. The number of hydrogen-bond acceptors (Lipinski definition) is 3. The van der Waals surface area contributed by atoms with Crippen LogP contribution in [0.3, 0.4) is 0 Å². The molecule has 0 bridgehead atoms. The molecule has 0 aliphatic rings. The van der Waals surface area contributed by atoms with E-state index in [2.05, 4.69) is 26.6 Å². The van der Waals surface area contributed by atoms with Crippen molar-refractivity contribution < 1.29 is 14.7 Å². The second kappa shape index (κ2) is 8.16. The van der Waals surface area contributed by atoms with Crippen LogP contribution in [0, 0.1) is 0 Å². The number of amides is 2. The van der Waals surface area contributed by atoms with E-state index in [0.717, 1.165) is 21.5 Å². The van der Waals surface area contributed by atoms with Gasteiger partial charge < -0.3 is 15.7 Å². The van der Waals surface area contributed by atoms with Crippen molar-refractivity contribution in [1.82, 2.24) is 10.6 Å². The van der Waals surface area contributed by atoms with E-state index in [9.17, 15) is 9.59 Å². The summed E-state index contributed by atoms with van der Waals surface area (Å²) in [5.41, 5.74) is 0. The molecule has 1 atom stereocenters. The predicted octanol–water partition coefficient (Wildman–Crippen LogP) is 2.95. The molecule has 0 aliphatic heterocycles. The maximum Gasteiger partial charge on any atom is 0.326 e. The summed E-state index contributed by atoms with van der Waals surface area (Å²) in [5.74, 6) is -0.998. The van der Waals surface area contributed by atoms with Crippen LogP contribution in [0.15, 0.2) is 15.9 Å². The number of halogens is 1. The van der Waals surface area contributed by atoms with Gasteiger partial charge in [0.1, 0.15) is 6.04 Å². The van der Waals surface area contributed by atoms with Crippen molar-refractivity contribution in [1.29, 1.82) is 0 Å². The fraction of sp³-hybridized carbons (Fsp3) is 0.500. The van der Waals surface area contributed by atoms with E-state index in [1.807, 2.05) is 19.1 Å². The van der Waals surface area contributed by atoms with Gasteiger partial charge in [-0.25, -0.2) is 9.59 Å². The van der Waals surface area contributed by atoms with E-state index in [1.165, 1.54) is 11.3 Å². The number of carbonyl (C=O) groups is 2. The molecule has 0 aromatic carbocycles. The van der Waals surface area contributed by atoms with Crippen molar-refractivity contribution in [2.45, 2.75) is 38.8 Å². The number of rotatable bonds is 7. The highest BCUT2D eigenvalue weighted by Crippen LogP contribution is 2.21. The fourth-order valence-corrected chi connectivity index (χ4v) is 2.91. The topological polar surface area (TPSA) is 78.4 Å². The molecule has 19 heavy (non-hydrogen) atoms. The molecule has 0 fully saturated rings. The highest BCUT2D eigenvalue weighted by molar-refractivity contribution is 9.11. The second-order valence-corrected chi connectivity index (χ2v) is 6.61. The molecule has 106 valence electrons. The van der Waals surface area contributed by atoms with Crippen LogP contribution < -0.4 is 10.6 Å². The first-order valence-electron chi connectivity index (χ1n) is 6.04. The lowest BCUT2D eigenvalue weighted by Crippen LogP contribution is -2.45. The minimum Gasteiger partial charge on any atom is -0.480 e. The van der Waals surface area contributed by atoms with Crippen molar-refractivity contribution in [3.05, 3.63) is 20.8 Å². The summed E-state index contributed by atoms with van der Waals surface area (Å²) in [5, 5.41) is 14.1. The highest BCUT2D eigenvalue weighted by Gasteiger charge is 2.18. The Balaban J connectivity index is 2.37. The highest BCUT2D eigenvalue weighted by atomic mass is 79.9. The van der Waals surface area contributed by atoms with Gasteiger partial charge in [0.05, 0.1) is 10.3 Å². The van der Waals surface area contributed by atoms with E-state index >= 15 is 0 Å². The molecule has 3 N–H and O–H groups in total. The van der Waals surface area contributed by atoms with Gasteiger partial charge in [-0.15, -0.1) is 11.3 Å². The van der Waals surface area contributed by atoms with Crippen molar-refractivity contribution in [3.63, 3.8) is 0 Å². The van der Waals surface area contributed by atoms with Crippen LogP contribution in [0.1, 0.15) is 31.1 Å². The molecule has 2 amide bonds. The van der Waals surface area contributed by atoms with Crippen LogP contribution in [0.4, 0.5) is 4.79 Å². The zero-order chi connectivity index (χ0) is 14.3. The van der Waals surface area contributed by atoms with Crippen LogP contribution in [0.2, 0.25) is 0 Å². The molecule has 0 unspecified atom stereocenters. The summed E-state index contributed by atoms with van der Waals surface area (Å²) in [6, 6.07) is 2.53. The third kappa shape index (κ3) is 6.07. The van der Waals surface area contributed by atoms with E-state index in [0.29, 0.717) is 13.0 Å². The number of unbranched alkanes of at least 4 members (excludes halogenated alkanes) is 1. The smallest absolute Gasteiger partial charge is 0.326 e. The van der Waals surface area contributed by atoms with Crippen molar-refractivity contribution >= 4 is 39.3 Å². The van der Waals surface area contributed by atoms with Gasteiger partial charge in [-0.3, -0.25) is 0 Å². The van der Waals surface area contributed by atoms with Gasteiger partial charge in [0.25, 0.3) is 0 Å². The lowest BCUT2D eigenvalue weighted by Gasteiger charge is -2.14. The SMILES string of the molecule is CCCC[C@H](NC(=O)NCc1ccc(Br)s1)C(=O)O. The van der Waals surface area contributed by atoms with Gasteiger partial charge in [-0.05, 0) is 34.5 Å². The zero-order valence-electron chi connectivity index (χ0n) is 10.6. The van der Waals surface area contributed by atoms with Crippen LogP contribution in [0.25, 0.3) is 0 Å². The molecule has 1 aromatic rings. The van der Waals surface area contributed by atoms with Crippen molar-refractivity contribution in [2.75, 3.05) is 0 Å². The third-order valence-electron chi connectivity index (χ3n) is 2.50. The molecular formula is C12H17BrN2O3S. The lowest BCUT2D eigenvalue weighted by molar-refractivity contribution is -0.139. The zero-order valence-corrected chi connectivity index (χ0v) is 13.0. The minimum atomic E-state index is -0.998. The molecule has 1 rings (SSSR count). The maximum atomic E-state index is 11.6. The Hall–Kier alpha value is -1.08. The number of carboxylic acid groups (broad SMARTS) is 1. The Morgan fingerprint density at radius 1 is 1.47 bits per heavy atom. The van der Waals surface area contributed by atoms with Gasteiger partial charge in [0.2, 0.25) is 0 Å². The van der Waals surface area contributed by atoms with Gasteiger partial charge in [0.15, 0.2) is 0 Å². The van der Waals surface area contributed by atoms with E-state index in [-0.39, 0.29) is 0 Å². The van der Waals surface area contributed by atoms with Crippen LogP contribution in [-0.4, -0.2) is 23.1 Å². The summed E-state index contributed by atoms with van der Waals surface area (Å²) in [6.07, 6.45) is 2.12. The molecule has 1 heterocycles. The van der Waals surface area contributed by atoms with E-state index < -0.39 is 18.0 Å². The standard InChI is InChI=1S/C12H17BrN2O3S/c1-2-3-4-9(11(16)17)15-12(18)14-7-8-5-6-10(13)19-8/h5-6,9H,2-4,7H2,1H3,(H,16,17)(H2,14,15,18)/t9-/m0/s1. The summed E-state index contributed by atoms with van der Waals surface area (Å²) in [7, 11) is 0. The minimum absolute atomic E-state index is 0.391. The average Bonchev–Trinajstić information content (AvgIpc) is 2.77. The molecule has 0 aliphatic carbocycles. The van der Waals surface area contributed by atoms with E-state index in [1.54, 1.807) is 0 Å². The number of thiophene rings is 1. The number of aliphatic carboxylic acids is 1. The largest absolute Gasteiger partial charge is 0.480 e. The molecular weight excluding hydrogens is 332 g/mol. The summed E-state index contributed by atoms with van der Waals surface area (Å²) in [4.78, 5) is 23.6.